The van der Waals surface area contributed by atoms with Crippen molar-refractivity contribution in [2.45, 2.75) is 33.6 Å². The second-order valence-corrected chi connectivity index (χ2v) is 4.35. The highest BCUT2D eigenvalue weighted by molar-refractivity contribution is 5.85. The molecule has 0 aliphatic heterocycles. The van der Waals surface area contributed by atoms with Gasteiger partial charge in [0.25, 0.3) is 0 Å². The van der Waals surface area contributed by atoms with E-state index in [0.29, 0.717) is 17.4 Å². The first-order chi connectivity index (χ1) is 6.49. The second kappa shape index (κ2) is 4.45. The van der Waals surface area contributed by atoms with Crippen LogP contribution in [0.15, 0.2) is 23.3 Å². The van der Waals surface area contributed by atoms with Crippen molar-refractivity contribution in [3.63, 3.8) is 0 Å². The fourth-order valence-electron chi connectivity index (χ4n) is 2.15. The molecule has 0 heterocycles. The minimum absolute atomic E-state index is 0.408. The normalized spacial score (nSPS) is 28.5. The fourth-order valence-corrected chi connectivity index (χ4v) is 2.15. The Balaban J connectivity index is 2.69. The van der Waals surface area contributed by atoms with Gasteiger partial charge in [0, 0.05) is 5.57 Å². The molecule has 2 atom stereocenters. The molecule has 2 heteroatoms. The summed E-state index contributed by atoms with van der Waals surface area (Å²) in [5, 5.41) is 8.76. The quantitative estimate of drug-likeness (QED) is 0.542. The largest absolute Gasteiger partial charge is 0.478 e. The molecule has 0 saturated heterocycles. The second-order valence-electron chi connectivity index (χ2n) is 4.35. The molecule has 0 amide bonds. The van der Waals surface area contributed by atoms with Gasteiger partial charge in [0.1, 0.15) is 0 Å². The van der Waals surface area contributed by atoms with E-state index in [4.69, 9.17) is 5.11 Å². The van der Waals surface area contributed by atoms with Gasteiger partial charge in [-0.05, 0) is 38.5 Å². The van der Waals surface area contributed by atoms with Crippen LogP contribution in [-0.4, -0.2) is 11.1 Å². The summed E-state index contributed by atoms with van der Waals surface area (Å²) in [6.45, 7) is 5.97. The van der Waals surface area contributed by atoms with Crippen LogP contribution in [0.5, 0.6) is 0 Å². The molecule has 14 heavy (non-hydrogen) atoms. The van der Waals surface area contributed by atoms with E-state index in [9.17, 15) is 4.79 Å². The minimum Gasteiger partial charge on any atom is -0.478 e. The molecule has 0 aromatic carbocycles. The molecule has 0 radical (unpaired) electrons. The number of hydrogen-bond donors (Lipinski definition) is 1. The first-order valence-electron chi connectivity index (χ1n) is 5.08. The van der Waals surface area contributed by atoms with E-state index in [1.54, 1.807) is 6.92 Å². The summed E-state index contributed by atoms with van der Waals surface area (Å²) >= 11 is 0. The average molecular weight is 194 g/mol. The van der Waals surface area contributed by atoms with Crippen LogP contribution in [0, 0.1) is 11.8 Å². The van der Waals surface area contributed by atoms with Gasteiger partial charge in [-0.3, -0.25) is 0 Å². The van der Waals surface area contributed by atoms with E-state index >= 15 is 0 Å². The molecule has 0 fully saturated rings. The zero-order valence-electron chi connectivity index (χ0n) is 9.08. The predicted molar refractivity (Wildman–Crippen MR) is 57.0 cm³/mol. The number of carbonyl (C=O) groups is 1. The summed E-state index contributed by atoms with van der Waals surface area (Å²) in [4.78, 5) is 10.7. The van der Waals surface area contributed by atoms with Gasteiger partial charge in [0.2, 0.25) is 0 Å². The Bertz CT molecular complexity index is 287. The van der Waals surface area contributed by atoms with E-state index < -0.39 is 5.97 Å². The Labute approximate surface area is 85.3 Å². The lowest BCUT2D eigenvalue weighted by atomic mass is 9.83. The van der Waals surface area contributed by atoms with Crippen LogP contribution in [0.3, 0.4) is 0 Å². The van der Waals surface area contributed by atoms with E-state index in [2.05, 4.69) is 19.9 Å². The monoisotopic (exact) mass is 194 g/mol. The summed E-state index contributed by atoms with van der Waals surface area (Å²) in [5.74, 6) is 0.183. The number of hydrogen-bond acceptors (Lipinski definition) is 1. The maximum Gasteiger partial charge on any atom is 0.330 e. The van der Waals surface area contributed by atoms with Crippen LogP contribution in [0.1, 0.15) is 33.6 Å². The molecule has 1 rings (SSSR count). The Morgan fingerprint density at radius 2 is 2.29 bits per heavy atom. The molecule has 0 bridgehead atoms. The maximum absolute atomic E-state index is 10.7. The molecule has 2 unspecified atom stereocenters. The van der Waals surface area contributed by atoms with Gasteiger partial charge in [-0.25, -0.2) is 4.79 Å². The van der Waals surface area contributed by atoms with Crippen molar-refractivity contribution < 1.29 is 9.90 Å². The lowest BCUT2D eigenvalue weighted by Gasteiger charge is -2.23. The Kier molecular flexibility index (Phi) is 3.50. The summed E-state index contributed by atoms with van der Waals surface area (Å²) in [6.07, 6.45) is 6.26. The number of aliphatic carboxylic acids is 1. The van der Waals surface area contributed by atoms with Crippen molar-refractivity contribution >= 4 is 5.97 Å². The fraction of sp³-hybridized carbons (Fsp3) is 0.583. The summed E-state index contributed by atoms with van der Waals surface area (Å²) in [5.41, 5.74) is 1.85. The van der Waals surface area contributed by atoms with Crippen LogP contribution in [0.2, 0.25) is 0 Å². The Hall–Kier alpha value is -1.05. The van der Waals surface area contributed by atoms with Crippen LogP contribution in [0.4, 0.5) is 0 Å². The van der Waals surface area contributed by atoms with Gasteiger partial charge in [0.15, 0.2) is 0 Å². The molecule has 2 nitrogen and oxygen atoms in total. The van der Waals surface area contributed by atoms with Crippen LogP contribution < -0.4 is 0 Å². The summed E-state index contributed by atoms with van der Waals surface area (Å²) < 4.78 is 0. The zero-order valence-corrected chi connectivity index (χ0v) is 9.08. The highest BCUT2D eigenvalue weighted by Gasteiger charge is 2.17. The number of allylic oxidation sites excluding steroid dienone is 3. The van der Waals surface area contributed by atoms with Gasteiger partial charge in [-0.15, -0.1) is 0 Å². The van der Waals surface area contributed by atoms with Crippen molar-refractivity contribution in [1.29, 1.82) is 0 Å². The lowest BCUT2D eigenvalue weighted by molar-refractivity contribution is -0.132. The zero-order chi connectivity index (χ0) is 10.7. The van der Waals surface area contributed by atoms with Gasteiger partial charge in [-0.1, -0.05) is 24.6 Å². The smallest absolute Gasteiger partial charge is 0.330 e. The highest BCUT2D eigenvalue weighted by atomic mass is 16.4. The third-order valence-electron chi connectivity index (χ3n) is 2.65. The SMILES string of the molecule is CC1=CC(C)CC(/C=C(\C)C(=O)O)C1. The van der Waals surface area contributed by atoms with Crippen molar-refractivity contribution in [2.24, 2.45) is 11.8 Å². The van der Waals surface area contributed by atoms with Crippen molar-refractivity contribution in [1.82, 2.24) is 0 Å². The topological polar surface area (TPSA) is 37.3 Å². The molecule has 0 aromatic heterocycles. The highest BCUT2D eigenvalue weighted by Crippen LogP contribution is 2.29. The summed E-state index contributed by atoms with van der Waals surface area (Å²) in [6, 6.07) is 0. The van der Waals surface area contributed by atoms with Gasteiger partial charge in [0.05, 0.1) is 0 Å². The first-order valence-corrected chi connectivity index (χ1v) is 5.08. The number of rotatable bonds is 2. The molecule has 0 spiro atoms. The van der Waals surface area contributed by atoms with Crippen LogP contribution >= 0.6 is 0 Å². The van der Waals surface area contributed by atoms with Gasteiger partial charge in [-0.2, -0.15) is 0 Å². The van der Waals surface area contributed by atoms with Gasteiger partial charge < -0.3 is 5.11 Å². The van der Waals surface area contributed by atoms with Crippen LogP contribution in [-0.2, 0) is 4.79 Å². The molecule has 1 N–H and O–H groups in total. The molecule has 0 saturated carbocycles. The van der Waals surface area contributed by atoms with Crippen molar-refractivity contribution in [3.05, 3.63) is 23.3 Å². The molecular weight excluding hydrogens is 176 g/mol. The van der Waals surface area contributed by atoms with E-state index in [1.165, 1.54) is 5.57 Å². The number of carboxylic acid groups (broad SMARTS) is 1. The maximum atomic E-state index is 10.7. The van der Waals surface area contributed by atoms with Crippen molar-refractivity contribution in [2.75, 3.05) is 0 Å². The Morgan fingerprint density at radius 1 is 1.64 bits per heavy atom. The number of carboxylic acids is 1. The van der Waals surface area contributed by atoms with E-state index in [0.717, 1.165) is 12.8 Å². The predicted octanol–water partition coefficient (Wildman–Crippen LogP) is 3.01. The Morgan fingerprint density at radius 3 is 2.79 bits per heavy atom. The van der Waals surface area contributed by atoms with Crippen molar-refractivity contribution in [3.8, 4) is 0 Å². The molecule has 1 aliphatic carbocycles. The summed E-state index contributed by atoms with van der Waals surface area (Å²) in [7, 11) is 0. The molecule has 0 aromatic rings. The average Bonchev–Trinajstić information content (AvgIpc) is 2.01. The molecular formula is C12H18O2. The standard InChI is InChI=1S/C12H18O2/c1-8-4-9(2)6-11(5-8)7-10(3)12(13)14/h4,7-8,11H,5-6H2,1-3H3,(H,13,14)/b10-7+. The molecule has 1 aliphatic rings. The third kappa shape index (κ3) is 3.02. The minimum atomic E-state index is -0.801. The van der Waals surface area contributed by atoms with Crippen LogP contribution in [0.25, 0.3) is 0 Å². The first kappa shape index (κ1) is 11.0. The molecule has 78 valence electrons. The van der Waals surface area contributed by atoms with E-state index in [1.807, 2.05) is 6.08 Å². The lowest BCUT2D eigenvalue weighted by Crippen LogP contribution is -2.11. The third-order valence-corrected chi connectivity index (χ3v) is 2.65. The van der Waals surface area contributed by atoms with E-state index in [-0.39, 0.29) is 0 Å². The van der Waals surface area contributed by atoms with Gasteiger partial charge >= 0.3 is 5.97 Å².